The Labute approximate surface area is 67.9 Å². The van der Waals surface area contributed by atoms with E-state index in [1.165, 1.54) is 0 Å². The highest BCUT2D eigenvalue weighted by molar-refractivity contribution is 5.02. The van der Waals surface area contributed by atoms with Gasteiger partial charge in [-0.15, -0.1) is 6.42 Å². The molecule has 0 amide bonds. The molecule has 2 heteroatoms. The predicted octanol–water partition coefficient (Wildman–Crippen LogP) is 1.24. The van der Waals surface area contributed by atoms with Crippen molar-refractivity contribution in [3.05, 3.63) is 6.92 Å². The van der Waals surface area contributed by atoms with Crippen LogP contribution in [-0.4, -0.2) is 18.5 Å². The van der Waals surface area contributed by atoms with Gasteiger partial charge in [-0.25, -0.2) is 0 Å². The van der Waals surface area contributed by atoms with Gasteiger partial charge in [-0.3, -0.25) is 0 Å². The zero-order valence-corrected chi connectivity index (χ0v) is 6.67. The summed E-state index contributed by atoms with van der Waals surface area (Å²) in [6, 6.07) is 0. The summed E-state index contributed by atoms with van der Waals surface area (Å²) in [6.07, 6.45) is 6.67. The zero-order chi connectivity index (χ0) is 8.32. The number of hydrogen-bond acceptors (Lipinski definition) is 2. The monoisotopic (exact) mass is 152 g/mol. The largest absolute Gasteiger partial charge is 0.337 e. The van der Waals surface area contributed by atoms with E-state index in [0.717, 1.165) is 6.42 Å². The molecule has 0 saturated carbocycles. The average molecular weight is 152 g/mol. The Balaban J connectivity index is 2.41. The number of hydrogen-bond donors (Lipinski definition) is 0. The normalized spacial score (nSPS) is 37.0. The molecule has 0 aliphatic carbocycles. The standard InChI is InChI=1S/C9H12O2/c1-4-6-8-7-10-9(3,5-2)11-8/h1-2,8H,4,6-7H2,3H3. The Hall–Kier alpha value is -0.520. The smallest absolute Gasteiger partial charge is 0.230 e. The first-order valence-electron chi connectivity index (χ1n) is 3.70. The van der Waals surface area contributed by atoms with Crippen molar-refractivity contribution in [2.45, 2.75) is 31.7 Å². The second-order valence-electron chi connectivity index (χ2n) is 2.72. The van der Waals surface area contributed by atoms with Crippen molar-refractivity contribution in [3.8, 4) is 12.3 Å². The van der Waals surface area contributed by atoms with Crippen LogP contribution in [0.3, 0.4) is 0 Å². The van der Waals surface area contributed by atoms with Crippen molar-refractivity contribution in [2.24, 2.45) is 0 Å². The fraction of sp³-hybridized carbons (Fsp3) is 0.667. The van der Waals surface area contributed by atoms with Crippen LogP contribution in [0.25, 0.3) is 0 Å². The average Bonchev–Trinajstić information content (AvgIpc) is 2.35. The molecule has 2 nitrogen and oxygen atoms in total. The van der Waals surface area contributed by atoms with Gasteiger partial charge < -0.3 is 9.47 Å². The SMILES string of the molecule is [CH]CCC1COC(C)(C#C)O1. The minimum atomic E-state index is -0.820. The second kappa shape index (κ2) is 3.25. The molecule has 11 heavy (non-hydrogen) atoms. The van der Waals surface area contributed by atoms with Gasteiger partial charge in [0.2, 0.25) is 5.79 Å². The summed E-state index contributed by atoms with van der Waals surface area (Å²) >= 11 is 0. The third-order valence-corrected chi connectivity index (χ3v) is 1.69. The predicted molar refractivity (Wildman–Crippen MR) is 41.6 cm³/mol. The Kier molecular flexibility index (Phi) is 2.53. The molecule has 2 atom stereocenters. The quantitative estimate of drug-likeness (QED) is 0.554. The maximum absolute atomic E-state index is 5.40. The molecule has 2 unspecified atom stereocenters. The first-order chi connectivity index (χ1) is 5.20. The molecule has 0 bridgehead atoms. The van der Waals surface area contributed by atoms with Crippen LogP contribution < -0.4 is 0 Å². The van der Waals surface area contributed by atoms with E-state index < -0.39 is 5.79 Å². The summed E-state index contributed by atoms with van der Waals surface area (Å²) in [7, 11) is 0. The summed E-state index contributed by atoms with van der Waals surface area (Å²) < 4.78 is 10.6. The number of terminal acetylenes is 1. The molecule has 1 heterocycles. The van der Waals surface area contributed by atoms with Crippen LogP contribution in [-0.2, 0) is 9.47 Å². The Morgan fingerprint density at radius 2 is 2.45 bits per heavy atom. The molecule has 0 N–H and O–H groups in total. The molecule has 1 saturated heterocycles. The van der Waals surface area contributed by atoms with Crippen LogP contribution in [0.4, 0.5) is 0 Å². The fourth-order valence-corrected chi connectivity index (χ4v) is 1.04. The van der Waals surface area contributed by atoms with Crippen molar-refractivity contribution in [3.63, 3.8) is 0 Å². The minimum absolute atomic E-state index is 0.0704. The van der Waals surface area contributed by atoms with E-state index in [0.29, 0.717) is 13.0 Å². The summed E-state index contributed by atoms with van der Waals surface area (Å²) in [4.78, 5) is 0. The van der Waals surface area contributed by atoms with Crippen molar-refractivity contribution in [1.29, 1.82) is 0 Å². The van der Waals surface area contributed by atoms with Crippen molar-refractivity contribution in [2.75, 3.05) is 6.61 Å². The highest BCUT2D eigenvalue weighted by Gasteiger charge is 2.34. The van der Waals surface area contributed by atoms with Gasteiger partial charge in [0.1, 0.15) is 0 Å². The molecule has 0 spiro atoms. The lowest BCUT2D eigenvalue weighted by Crippen LogP contribution is -2.23. The molecule has 60 valence electrons. The summed E-state index contributed by atoms with van der Waals surface area (Å²) in [5.74, 6) is 1.62. The van der Waals surface area contributed by atoms with Crippen LogP contribution in [0.1, 0.15) is 19.8 Å². The lowest BCUT2D eigenvalue weighted by Gasteiger charge is -2.15. The van der Waals surface area contributed by atoms with Gasteiger partial charge in [0, 0.05) is 6.92 Å². The molecule has 1 fully saturated rings. The van der Waals surface area contributed by atoms with E-state index in [1.54, 1.807) is 6.92 Å². The first kappa shape index (κ1) is 8.58. The third kappa shape index (κ3) is 1.95. The lowest BCUT2D eigenvalue weighted by atomic mass is 10.2. The van der Waals surface area contributed by atoms with E-state index in [2.05, 4.69) is 5.92 Å². The van der Waals surface area contributed by atoms with E-state index >= 15 is 0 Å². The third-order valence-electron chi connectivity index (χ3n) is 1.69. The maximum atomic E-state index is 5.40. The number of rotatable bonds is 2. The lowest BCUT2D eigenvalue weighted by molar-refractivity contribution is -0.105. The van der Waals surface area contributed by atoms with Gasteiger partial charge in [0.15, 0.2) is 0 Å². The van der Waals surface area contributed by atoms with Gasteiger partial charge in [-0.1, -0.05) is 0 Å². The molecule has 2 radical (unpaired) electrons. The highest BCUT2D eigenvalue weighted by atomic mass is 16.7. The number of ether oxygens (including phenoxy) is 2. The van der Waals surface area contributed by atoms with Crippen molar-refractivity contribution < 1.29 is 9.47 Å². The Morgan fingerprint density at radius 3 is 2.91 bits per heavy atom. The van der Waals surface area contributed by atoms with Gasteiger partial charge in [0.05, 0.1) is 12.7 Å². The zero-order valence-electron chi connectivity index (χ0n) is 6.67. The summed E-state index contributed by atoms with van der Waals surface area (Å²) in [6.45, 7) is 7.64. The van der Waals surface area contributed by atoms with Gasteiger partial charge in [0.25, 0.3) is 0 Å². The molecular formula is C9H12O2. The van der Waals surface area contributed by atoms with Crippen LogP contribution >= 0.6 is 0 Å². The van der Waals surface area contributed by atoms with Gasteiger partial charge >= 0.3 is 0 Å². The molecule has 1 aliphatic rings. The van der Waals surface area contributed by atoms with E-state index in [-0.39, 0.29) is 6.10 Å². The van der Waals surface area contributed by atoms with Crippen molar-refractivity contribution in [1.82, 2.24) is 0 Å². The maximum Gasteiger partial charge on any atom is 0.230 e. The first-order valence-corrected chi connectivity index (χ1v) is 3.70. The molecule has 1 rings (SSSR count). The molecular weight excluding hydrogens is 140 g/mol. The van der Waals surface area contributed by atoms with Crippen LogP contribution in [0.15, 0.2) is 0 Å². The highest BCUT2D eigenvalue weighted by Crippen LogP contribution is 2.24. The molecule has 0 aromatic heterocycles. The van der Waals surface area contributed by atoms with Gasteiger partial charge in [-0.2, -0.15) is 0 Å². The van der Waals surface area contributed by atoms with Crippen LogP contribution in [0.5, 0.6) is 0 Å². The van der Waals surface area contributed by atoms with E-state index in [1.807, 2.05) is 0 Å². The van der Waals surface area contributed by atoms with Crippen LogP contribution in [0, 0.1) is 19.3 Å². The Morgan fingerprint density at radius 1 is 1.73 bits per heavy atom. The topological polar surface area (TPSA) is 18.5 Å². The second-order valence-corrected chi connectivity index (χ2v) is 2.72. The molecule has 1 aliphatic heterocycles. The van der Waals surface area contributed by atoms with E-state index in [9.17, 15) is 0 Å². The van der Waals surface area contributed by atoms with Crippen LogP contribution in [0.2, 0.25) is 0 Å². The summed E-state index contributed by atoms with van der Waals surface area (Å²) in [5, 5.41) is 0. The van der Waals surface area contributed by atoms with Crippen molar-refractivity contribution >= 4 is 0 Å². The Bertz CT molecular complexity index is 171. The van der Waals surface area contributed by atoms with E-state index in [4.69, 9.17) is 22.8 Å². The molecule has 0 aromatic carbocycles. The minimum Gasteiger partial charge on any atom is -0.337 e. The summed E-state index contributed by atoms with van der Waals surface area (Å²) in [5.41, 5.74) is 0. The fourth-order valence-electron chi connectivity index (χ4n) is 1.04. The molecule has 0 aromatic rings. The van der Waals surface area contributed by atoms with Gasteiger partial charge in [-0.05, 0) is 25.7 Å².